The number of carbonyl (C=O) groups excluding carboxylic acids is 2. The lowest BCUT2D eigenvalue weighted by Gasteiger charge is -2.27. The lowest BCUT2D eigenvalue weighted by atomic mass is 9.86. The minimum absolute atomic E-state index is 0.0677. The maximum absolute atomic E-state index is 13.1. The van der Waals surface area contributed by atoms with Crippen LogP contribution >= 0.6 is 0 Å². The third-order valence-corrected chi connectivity index (χ3v) is 6.27. The molecule has 0 bridgehead atoms. The molecule has 0 saturated carbocycles. The average molecular weight is 476 g/mol. The van der Waals surface area contributed by atoms with Gasteiger partial charge < -0.3 is 15.3 Å². The molecule has 2 amide bonds. The van der Waals surface area contributed by atoms with Gasteiger partial charge in [-0.1, -0.05) is 39.8 Å². The Kier molecular flexibility index (Phi) is 7.92. The quantitative estimate of drug-likeness (QED) is 0.562. The molecule has 9 heteroatoms. The molecule has 0 heterocycles. The summed E-state index contributed by atoms with van der Waals surface area (Å²) < 4.78 is 23.7. The Hall–Kier alpha value is -2.91. The van der Waals surface area contributed by atoms with Crippen LogP contribution in [0.15, 0.2) is 35.2 Å². The summed E-state index contributed by atoms with van der Waals surface area (Å²) in [6.07, 6.45) is 0.827. The number of nitrogens with one attached hydrogen (secondary N) is 1. The van der Waals surface area contributed by atoms with Crippen LogP contribution in [0.2, 0.25) is 0 Å². The number of carbonyl (C=O) groups is 2. The SMILES string of the molecule is CCCC(=O)N(CC(=O)Nc1cc(S(N)(=O)=O)ccc1C(C)(C)C)c1ccc(C)c(O)c1C. The van der Waals surface area contributed by atoms with Crippen LogP contribution in [-0.2, 0) is 25.0 Å². The third kappa shape index (κ3) is 6.33. The van der Waals surface area contributed by atoms with Gasteiger partial charge in [0.05, 0.1) is 10.6 Å². The first-order chi connectivity index (χ1) is 15.2. The van der Waals surface area contributed by atoms with E-state index >= 15 is 0 Å². The number of nitrogens with two attached hydrogens (primary N) is 1. The Bertz CT molecular complexity index is 1170. The van der Waals surface area contributed by atoms with E-state index in [1.54, 1.807) is 32.0 Å². The number of rotatable bonds is 7. The predicted molar refractivity (Wildman–Crippen MR) is 130 cm³/mol. The zero-order valence-electron chi connectivity index (χ0n) is 20.0. The number of hydrogen-bond acceptors (Lipinski definition) is 5. The minimum Gasteiger partial charge on any atom is -0.507 e. The van der Waals surface area contributed by atoms with Crippen LogP contribution in [0.3, 0.4) is 0 Å². The molecule has 0 fully saturated rings. The highest BCUT2D eigenvalue weighted by Crippen LogP contribution is 2.33. The van der Waals surface area contributed by atoms with Crippen LogP contribution in [0, 0.1) is 13.8 Å². The zero-order chi connectivity index (χ0) is 25.1. The number of phenolic OH excluding ortho intramolecular Hbond substituents is 1. The molecule has 180 valence electrons. The van der Waals surface area contributed by atoms with Gasteiger partial charge in [-0.2, -0.15) is 0 Å². The summed E-state index contributed by atoms with van der Waals surface area (Å²) >= 11 is 0. The average Bonchev–Trinajstić information content (AvgIpc) is 2.69. The fraction of sp³-hybridized carbons (Fsp3) is 0.417. The summed E-state index contributed by atoms with van der Waals surface area (Å²) in [6, 6.07) is 7.75. The molecule has 2 aromatic carbocycles. The van der Waals surface area contributed by atoms with E-state index in [1.807, 2.05) is 27.7 Å². The molecule has 0 atom stereocenters. The Morgan fingerprint density at radius 3 is 2.30 bits per heavy atom. The Morgan fingerprint density at radius 1 is 1.12 bits per heavy atom. The molecule has 0 unspecified atom stereocenters. The smallest absolute Gasteiger partial charge is 0.244 e. The zero-order valence-corrected chi connectivity index (χ0v) is 20.8. The van der Waals surface area contributed by atoms with E-state index in [2.05, 4.69) is 5.32 Å². The van der Waals surface area contributed by atoms with Gasteiger partial charge in [-0.3, -0.25) is 9.59 Å². The first-order valence-corrected chi connectivity index (χ1v) is 12.3. The number of hydrogen-bond donors (Lipinski definition) is 3. The maximum atomic E-state index is 13.1. The Morgan fingerprint density at radius 2 is 1.76 bits per heavy atom. The molecular formula is C24H33N3O5S. The highest BCUT2D eigenvalue weighted by atomic mass is 32.2. The van der Waals surface area contributed by atoms with E-state index < -0.39 is 21.3 Å². The van der Waals surface area contributed by atoms with Crippen LogP contribution in [0.25, 0.3) is 0 Å². The fourth-order valence-corrected chi connectivity index (χ4v) is 4.10. The number of sulfonamides is 1. The van der Waals surface area contributed by atoms with E-state index in [0.29, 0.717) is 28.9 Å². The Labute approximate surface area is 195 Å². The largest absolute Gasteiger partial charge is 0.507 e. The molecule has 2 aromatic rings. The molecule has 0 radical (unpaired) electrons. The normalized spacial score (nSPS) is 11.8. The van der Waals surface area contributed by atoms with E-state index in [0.717, 1.165) is 5.56 Å². The summed E-state index contributed by atoms with van der Waals surface area (Å²) in [6.45, 7) is 10.8. The highest BCUT2D eigenvalue weighted by Gasteiger charge is 2.25. The van der Waals surface area contributed by atoms with Crippen LogP contribution in [0.4, 0.5) is 11.4 Å². The van der Waals surface area contributed by atoms with Gasteiger partial charge in [0.2, 0.25) is 21.8 Å². The number of phenols is 1. The second-order valence-corrected chi connectivity index (χ2v) is 10.7. The van der Waals surface area contributed by atoms with Crippen LogP contribution in [-0.4, -0.2) is 31.9 Å². The lowest BCUT2D eigenvalue weighted by molar-refractivity contribution is -0.121. The van der Waals surface area contributed by atoms with Gasteiger partial charge in [0.1, 0.15) is 12.3 Å². The van der Waals surface area contributed by atoms with Crippen molar-refractivity contribution in [2.24, 2.45) is 5.14 Å². The van der Waals surface area contributed by atoms with E-state index in [-0.39, 0.29) is 29.5 Å². The topological polar surface area (TPSA) is 130 Å². The molecule has 0 aliphatic rings. The first kappa shape index (κ1) is 26.3. The van der Waals surface area contributed by atoms with Gasteiger partial charge in [-0.15, -0.1) is 0 Å². The molecule has 0 aromatic heterocycles. The molecule has 0 aliphatic heterocycles. The van der Waals surface area contributed by atoms with Crippen molar-refractivity contribution in [3.8, 4) is 5.75 Å². The molecule has 0 spiro atoms. The molecular weight excluding hydrogens is 442 g/mol. The number of amides is 2. The molecule has 0 saturated heterocycles. The molecule has 8 nitrogen and oxygen atoms in total. The summed E-state index contributed by atoms with van der Waals surface area (Å²) in [5.41, 5.74) is 2.25. The molecule has 0 aliphatic carbocycles. The van der Waals surface area contributed by atoms with Crippen molar-refractivity contribution in [1.82, 2.24) is 0 Å². The molecule has 2 rings (SSSR count). The summed E-state index contributed by atoms with van der Waals surface area (Å²) in [7, 11) is -3.97. The standard InChI is InChI=1S/C24H33N3O5S/c1-7-8-22(29)27(20-12-9-15(2)23(30)16(20)3)14-21(28)26-19-13-17(33(25,31)32)10-11-18(19)24(4,5)6/h9-13,30H,7-8,14H2,1-6H3,(H,26,28)(H2,25,31,32). The first-order valence-electron chi connectivity index (χ1n) is 10.7. The van der Waals surface area contributed by atoms with Crippen molar-refractivity contribution in [1.29, 1.82) is 0 Å². The van der Waals surface area contributed by atoms with Crippen molar-refractivity contribution >= 4 is 33.2 Å². The number of benzene rings is 2. The van der Waals surface area contributed by atoms with Gasteiger partial charge >= 0.3 is 0 Å². The summed E-state index contributed by atoms with van der Waals surface area (Å²) in [4.78, 5) is 27.1. The number of anilines is 2. The second-order valence-electron chi connectivity index (χ2n) is 9.16. The van der Waals surface area contributed by atoms with Crippen LogP contribution in [0.5, 0.6) is 5.75 Å². The van der Waals surface area contributed by atoms with Gasteiger partial charge in [0.15, 0.2) is 0 Å². The third-order valence-electron chi connectivity index (χ3n) is 5.36. The number of aryl methyl sites for hydroxylation is 1. The van der Waals surface area contributed by atoms with Crippen LogP contribution < -0.4 is 15.4 Å². The second kappa shape index (κ2) is 9.93. The number of aromatic hydroxyl groups is 1. The van der Waals surface area contributed by atoms with Gasteiger partial charge in [0, 0.05) is 17.7 Å². The lowest BCUT2D eigenvalue weighted by Crippen LogP contribution is -2.38. The molecule has 33 heavy (non-hydrogen) atoms. The van der Waals surface area contributed by atoms with Crippen molar-refractivity contribution in [3.05, 3.63) is 47.0 Å². The van der Waals surface area contributed by atoms with Gasteiger partial charge in [-0.05, 0) is 55.0 Å². The number of primary sulfonamides is 1. The van der Waals surface area contributed by atoms with Crippen molar-refractivity contribution in [2.75, 3.05) is 16.8 Å². The predicted octanol–water partition coefficient (Wildman–Crippen LogP) is 3.73. The highest BCUT2D eigenvalue weighted by molar-refractivity contribution is 7.89. The van der Waals surface area contributed by atoms with Crippen molar-refractivity contribution in [3.63, 3.8) is 0 Å². The summed E-state index contributed by atoms with van der Waals surface area (Å²) in [5, 5.41) is 18.4. The van der Waals surface area contributed by atoms with Crippen LogP contribution in [0.1, 0.15) is 57.2 Å². The van der Waals surface area contributed by atoms with Gasteiger partial charge in [-0.25, -0.2) is 13.6 Å². The summed E-state index contributed by atoms with van der Waals surface area (Å²) in [5.74, 6) is -0.692. The minimum atomic E-state index is -3.97. The van der Waals surface area contributed by atoms with E-state index in [4.69, 9.17) is 5.14 Å². The fourth-order valence-electron chi connectivity index (χ4n) is 3.56. The molecule has 4 N–H and O–H groups in total. The van der Waals surface area contributed by atoms with E-state index in [1.165, 1.54) is 17.0 Å². The van der Waals surface area contributed by atoms with Crippen molar-refractivity contribution in [2.45, 2.75) is 64.7 Å². The monoisotopic (exact) mass is 475 g/mol. The van der Waals surface area contributed by atoms with E-state index in [9.17, 15) is 23.1 Å². The van der Waals surface area contributed by atoms with Gasteiger partial charge in [0.25, 0.3) is 0 Å². The number of nitrogens with zero attached hydrogens (tertiary/aromatic N) is 1. The maximum Gasteiger partial charge on any atom is 0.244 e. The Balaban J connectivity index is 2.46. The van der Waals surface area contributed by atoms with Crippen molar-refractivity contribution < 1.29 is 23.1 Å².